The SMILES string of the molecule is COc1ccc2nc(S(=O)Cc3ncc(C)c(OC)c3C)n(S(=O)(=O)c3cccc(S(=O)(=O)n4c(S(=O)Cc5ncc(C)c(OC)c5C)nc5ccc(OC)cc54)c3)c2c1. The zero-order valence-electron chi connectivity index (χ0n) is 33.7. The Labute approximate surface area is 351 Å². The van der Waals surface area contributed by atoms with Crippen molar-refractivity contribution >= 4 is 63.7 Å². The van der Waals surface area contributed by atoms with E-state index in [1.54, 1.807) is 38.4 Å². The van der Waals surface area contributed by atoms with Crippen LogP contribution in [0.3, 0.4) is 0 Å². The van der Waals surface area contributed by atoms with Gasteiger partial charge in [0.25, 0.3) is 20.0 Å². The molecule has 0 spiro atoms. The zero-order valence-corrected chi connectivity index (χ0v) is 37.0. The summed E-state index contributed by atoms with van der Waals surface area (Å²) in [7, 11) is -7.89. The average molecular weight is 893 g/mol. The predicted octanol–water partition coefficient (Wildman–Crippen LogP) is 5.53. The number of benzene rings is 3. The van der Waals surface area contributed by atoms with E-state index in [4.69, 9.17) is 18.9 Å². The van der Waals surface area contributed by atoms with E-state index in [1.807, 2.05) is 13.8 Å². The van der Waals surface area contributed by atoms with Gasteiger partial charge in [-0.05, 0) is 70.2 Å². The molecule has 0 radical (unpaired) electrons. The number of imidazole rings is 2. The highest BCUT2D eigenvalue weighted by atomic mass is 32.2. The summed E-state index contributed by atoms with van der Waals surface area (Å²) < 4.78 is 111. The number of fused-ring (bicyclic) bond motifs is 2. The van der Waals surface area contributed by atoms with Crippen LogP contribution in [0.15, 0.2) is 93.2 Å². The van der Waals surface area contributed by atoms with Crippen molar-refractivity contribution in [2.24, 2.45) is 0 Å². The van der Waals surface area contributed by atoms with Crippen molar-refractivity contribution in [2.45, 2.75) is 59.3 Å². The fraction of sp³-hybridized carbons (Fsp3) is 0.250. The van der Waals surface area contributed by atoms with Crippen LogP contribution in [0.2, 0.25) is 0 Å². The van der Waals surface area contributed by atoms with Gasteiger partial charge in [-0.1, -0.05) is 6.07 Å². The third-order valence-corrected chi connectivity index (χ3v) is 16.0. The monoisotopic (exact) mass is 892 g/mol. The first-order valence-corrected chi connectivity index (χ1v) is 23.6. The molecule has 0 aliphatic heterocycles. The van der Waals surface area contributed by atoms with Gasteiger partial charge in [0.2, 0.25) is 10.3 Å². The smallest absolute Gasteiger partial charge is 0.270 e. The molecule has 2 unspecified atom stereocenters. The number of hydrogen-bond acceptors (Lipinski definition) is 14. The van der Waals surface area contributed by atoms with Crippen LogP contribution in [0.25, 0.3) is 22.1 Å². The zero-order chi connectivity index (χ0) is 43.3. The molecule has 20 heteroatoms. The van der Waals surface area contributed by atoms with Crippen molar-refractivity contribution in [1.82, 2.24) is 27.9 Å². The summed E-state index contributed by atoms with van der Waals surface area (Å²) in [6.45, 7) is 7.17. The summed E-state index contributed by atoms with van der Waals surface area (Å²) in [5.74, 6) is 1.28. The Kier molecular flexibility index (Phi) is 11.6. The molecule has 0 fully saturated rings. The van der Waals surface area contributed by atoms with Gasteiger partial charge in [0.1, 0.15) is 23.0 Å². The summed E-state index contributed by atoms with van der Waals surface area (Å²) in [5, 5.41) is -0.649. The number of aromatic nitrogens is 6. The number of ether oxygens (including phenoxy) is 4. The second kappa shape index (κ2) is 16.4. The first kappa shape index (κ1) is 42.4. The first-order valence-electron chi connectivity index (χ1n) is 18.0. The lowest BCUT2D eigenvalue weighted by Gasteiger charge is -2.15. The van der Waals surface area contributed by atoms with Crippen molar-refractivity contribution in [1.29, 1.82) is 0 Å². The van der Waals surface area contributed by atoms with E-state index in [1.165, 1.54) is 70.9 Å². The highest BCUT2D eigenvalue weighted by Gasteiger charge is 2.33. The molecule has 0 aliphatic rings. The molecule has 4 aromatic heterocycles. The van der Waals surface area contributed by atoms with Gasteiger partial charge in [-0.15, -0.1) is 0 Å². The van der Waals surface area contributed by atoms with Crippen molar-refractivity contribution in [3.05, 3.63) is 107 Å². The Balaban J connectivity index is 1.36. The second-order valence-corrected chi connectivity index (χ2v) is 19.8. The minimum Gasteiger partial charge on any atom is -0.497 e. The Morgan fingerprint density at radius 1 is 0.567 bits per heavy atom. The van der Waals surface area contributed by atoms with Crippen LogP contribution in [0.5, 0.6) is 23.0 Å². The number of hydrogen-bond donors (Lipinski definition) is 0. The molecule has 0 saturated heterocycles. The number of rotatable bonds is 14. The minimum atomic E-state index is -4.76. The van der Waals surface area contributed by atoms with E-state index in [2.05, 4.69) is 19.9 Å². The van der Waals surface area contributed by atoms with Gasteiger partial charge >= 0.3 is 0 Å². The van der Waals surface area contributed by atoms with E-state index in [0.29, 0.717) is 45.5 Å². The Hall–Kier alpha value is -5.70. The molecule has 7 rings (SSSR count). The molecule has 0 saturated carbocycles. The average Bonchev–Trinajstić information content (AvgIpc) is 3.83. The predicted molar refractivity (Wildman–Crippen MR) is 225 cm³/mol. The van der Waals surface area contributed by atoms with E-state index >= 15 is 0 Å². The lowest BCUT2D eigenvalue weighted by atomic mass is 10.1. The van der Waals surface area contributed by atoms with E-state index < -0.39 is 51.4 Å². The molecule has 0 aliphatic carbocycles. The molecule has 3 aromatic carbocycles. The quantitative estimate of drug-likeness (QED) is 0.132. The van der Waals surface area contributed by atoms with Crippen LogP contribution >= 0.6 is 0 Å². The summed E-state index contributed by atoms with van der Waals surface area (Å²) in [6, 6.07) is 13.8. The van der Waals surface area contributed by atoms with Gasteiger partial charge in [-0.2, -0.15) is 0 Å². The molecular weight excluding hydrogens is 853 g/mol. The summed E-state index contributed by atoms with van der Waals surface area (Å²) >= 11 is 0. The maximum atomic E-state index is 14.9. The molecule has 60 heavy (non-hydrogen) atoms. The van der Waals surface area contributed by atoms with Crippen LogP contribution in [0, 0.1) is 27.7 Å². The second-order valence-electron chi connectivity index (χ2n) is 13.6. The Bertz CT molecular complexity index is 2920. The van der Waals surface area contributed by atoms with E-state index in [0.717, 1.165) is 25.1 Å². The van der Waals surface area contributed by atoms with Crippen LogP contribution in [-0.4, -0.2) is 81.6 Å². The summed E-state index contributed by atoms with van der Waals surface area (Å²) in [6.07, 6.45) is 3.15. The number of methoxy groups -OCH3 is 4. The van der Waals surface area contributed by atoms with E-state index in [9.17, 15) is 25.3 Å². The lowest BCUT2D eigenvalue weighted by Crippen LogP contribution is -2.20. The van der Waals surface area contributed by atoms with Crippen molar-refractivity contribution in [2.75, 3.05) is 28.4 Å². The molecule has 314 valence electrons. The lowest BCUT2D eigenvalue weighted by molar-refractivity contribution is 0.407. The van der Waals surface area contributed by atoms with Gasteiger partial charge in [0.05, 0.1) is 105 Å². The van der Waals surface area contributed by atoms with Gasteiger partial charge in [0.15, 0.2) is 0 Å². The first-order chi connectivity index (χ1) is 28.5. The largest absolute Gasteiger partial charge is 0.497 e. The standard InChI is InChI=1S/C40H40N6O10S4/c1-23-19-41-33(25(3)37(23)55-7)21-57(47)39-43-31-14-12-27(53-5)16-35(31)45(39)59(49,50)29-10-9-11-30(18-29)60(51,52)46-36-17-28(54-6)13-15-32(36)44-40(46)58(48)22-34-26(4)38(56-8)24(2)20-42-34/h9-20H,21-22H2,1-8H3. The maximum Gasteiger partial charge on any atom is 0.270 e. The molecule has 4 heterocycles. The molecule has 0 bridgehead atoms. The van der Waals surface area contributed by atoms with Crippen LogP contribution in [-0.2, 0) is 53.2 Å². The molecule has 0 amide bonds. The number of pyridine rings is 2. The van der Waals surface area contributed by atoms with Gasteiger partial charge in [-0.25, -0.2) is 34.7 Å². The van der Waals surface area contributed by atoms with E-state index in [-0.39, 0.29) is 43.9 Å². The van der Waals surface area contributed by atoms with Crippen LogP contribution < -0.4 is 18.9 Å². The Morgan fingerprint density at radius 2 is 0.967 bits per heavy atom. The number of nitrogens with zero attached hydrogens (tertiary/aromatic N) is 6. The molecule has 0 N–H and O–H groups in total. The molecule has 2 atom stereocenters. The number of aryl methyl sites for hydroxylation is 2. The van der Waals surface area contributed by atoms with Crippen molar-refractivity contribution in [3.63, 3.8) is 0 Å². The van der Waals surface area contributed by atoms with Crippen LogP contribution in [0.1, 0.15) is 33.6 Å². The third kappa shape index (κ3) is 7.41. The molecular formula is C40H40N6O10S4. The van der Waals surface area contributed by atoms with Gasteiger partial charge in [0, 0.05) is 46.8 Å². The maximum absolute atomic E-state index is 14.9. The van der Waals surface area contributed by atoms with Gasteiger partial charge < -0.3 is 18.9 Å². The fourth-order valence-electron chi connectivity index (χ4n) is 6.85. The van der Waals surface area contributed by atoms with Crippen LogP contribution in [0.4, 0.5) is 0 Å². The van der Waals surface area contributed by atoms with Gasteiger partial charge in [-0.3, -0.25) is 18.4 Å². The fourth-order valence-corrected chi connectivity index (χ4v) is 13.1. The molecule has 16 nitrogen and oxygen atoms in total. The summed E-state index contributed by atoms with van der Waals surface area (Å²) in [4.78, 5) is 16.9. The normalized spacial score (nSPS) is 13.1. The highest BCUT2D eigenvalue weighted by Crippen LogP contribution is 2.34. The Morgan fingerprint density at radius 3 is 1.33 bits per heavy atom. The molecule has 7 aromatic rings. The topological polar surface area (TPSA) is 201 Å². The highest BCUT2D eigenvalue weighted by molar-refractivity contribution is 7.92. The van der Waals surface area contributed by atoms with Crippen molar-refractivity contribution in [3.8, 4) is 23.0 Å². The summed E-state index contributed by atoms with van der Waals surface area (Å²) in [5.41, 5.74) is 4.07. The third-order valence-electron chi connectivity index (χ3n) is 9.91. The van der Waals surface area contributed by atoms with Crippen molar-refractivity contribution < 1.29 is 44.2 Å². The minimum absolute atomic E-state index is 0.0409.